The summed E-state index contributed by atoms with van der Waals surface area (Å²) in [5.74, 6) is 0.847. The minimum Gasteiger partial charge on any atom is -0.352 e. The van der Waals surface area contributed by atoms with Gasteiger partial charge >= 0.3 is 0 Å². The molecular formula is C13H14FN5. The van der Waals surface area contributed by atoms with Crippen molar-refractivity contribution in [2.75, 3.05) is 6.54 Å². The summed E-state index contributed by atoms with van der Waals surface area (Å²) < 4.78 is 14.8. The third-order valence-electron chi connectivity index (χ3n) is 3.26. The monoisotopic (exact) mass is 259 g/mol. The standard InChI is InChI=1S/C13H14FN5/c1-18-8-16-12(17-18)4-5-19-7-9-2-3-10(14)6-11(9)13(19)15/h2-3,6,8,15H,4-5,7H2,1H3. The number of nitrogens with zero attached hydrogens (tertiary/aromatic N) is 4. The first-order valence-corrected chi connectivity index (χ1v) is 6.10. The molecule has 1 aromatic carbocycles. The van der Waals surface area contributed by atoms with Crippen LogP contribution in [0.3, 0.4) is 0 Å². The van der Waals surface area contributed by atoms with Crippen molar-refractivity contribution in [3.63, 3.8) is 0 Å². The summed E-state index contributed by atoms with van der Waals surface area (Å²) in [6, 6.07) is 4.62. The van der Waals surface area contributed by atoms with E-state index in [2.05, 4.69) is 10.1 Å². The molecule has 0 unspecified atom stereocenters. The molecule has 1 aliphatic rings. The Labute approximate surface area is 110 Å². The molecule has 0 amide bonds. The average Bonchev–Trinajstić information content (AvgIpc) is 2.93. The number of rotatable bonds is 3. The summed E-state index contributed by atoms with van der Waals surface area (Å²) >= 11 is 0. The van der Waals surface area contributed by atoms with E-state index in [0.717, 1.165) is 11.4 Å². The quantitative estimate of drug-likeness (QED) is 0.905. The summed E-state index contributed by atoms with van der Waals surface area (Å²) in [6.07, 6.45) is 2.34. The third-order valence-corrected chi connectivity index (χ3v) is 3.26. The smallest absolute Gasteiger partial charge is 0.152 e. The normalized spacial score (nSPS) is 14.0. The third kappa shape index (κ3) is 2.21. The molecule has 19 heavy (non-hydrogen) atoms. The van der Waals surface area contributed by atoms with Gasteiger partial charge in [0.25, 0.3) is 0 Å². The molecule has 2 aromatic rings. The van der Waals surface area contributed by atoms with Gasteiger partial charge in [-0.25, -0.2) is 9.37 Å². The zero-order chi connectivity index (χ0) is 13.4. The molecule has 0 fully saturated rings. The van der Waals surface area contributed by atoms with Gasteiger partial charge in [0, 0.05) is 32.1 Å². The number of benzene rings is 1. The Hall–Kier alpha value is -2.24. The molecule has 0 bridgehead atoms. The molecule has 1 aliphatic heterocycles. The number of halogens is 1. The zero-order valence-electron chi connectivity index (χ0n) is 10.6. The van der Waals surface area contributed by atoms with Crippen LogP contribution < -0.4 is 0 Å². The number of hydrogen-bond acceptors (Lipinski definition) is 3. The molecular weight excluding hydrogens is 245 g/mol. The van der Waals surface area contributed by atoms with Crippen LogP contribution in [0.4, 0.5) is 4.39 Å². The number of amidine groups is 1. The second kappa shape index (κ2) is 4.46. The Morgan fingerprint density at radius 3 is 3.00 bits per heavy atom. The largest absolute Gasteiger partial charge is 0.352 e. The van der Waals surface area contributed by atoms with Crippen LogP contribution in [0, 0.1) is 11.2 Å². The van der Waals surface area contributed by atoms with Gasteiger partial charge in [-0.1, -0.05) is 6.07 Å². The number of aryl methyl sites for hydroxylation is 1. The Kier molecular flexibility index (Phi) is 2.77. The maximum atomic E-state index is 13.2. The van der Waals surface area contributed by atoms with Gasteiger partial charge in [0.1, 0.15) is 18.0 Å². The lowest BCUT2D eigenvalue weighted by molar-refractivity contribution is 0.427. The Morgan fingerprint density at radius 1 is 1.42 bits per heavy atom. The maximum absolute atomic E-state index is 13.2. The van der Waals surface area contributed by atoms with E-state index >= 15 is 0 Å². The fraction of sp³-hybridized carbons (Fsp3) is 0.308. The number of hydrogen-bond donors (Lipinski definition) is 1. The zero-order valence-corrected chi connectivity index (χ0v) is 10.6. The van der Waals surface area contributed by atoms with E-state index in [1.54, 1.807) is 17.1 Å². The second-order valence-electron chi connectivity index (χ2n) is 4.66. The topological polar surface area (TPSA) is 57.8 Å². The Bertz CT molecular complexity index is 634. The highest BCUT2D eigenvalue weighted by atomic mass is 19.1. The van der Waals surface area contributed by atoms with Gasteiger partial charge in [0.2, 0.25) is 0 Å². The summed E-state index contributed by atoms with van der Waals surface area (Å²) in [6.45, 7) is 1.32. The van der Waals surface area contributed by atoms with E-state index in [1.807, 2.05) is 11.9 Å². The minimum atomic E-state index is -0.295. The highest BCUT2D eigenvalue weighted by molar-refractivity contribution is 6.00. The fourth-order valence-electron chi connectivity index (χ4n) is 2.29. The van der Waals surface area contributed by atoms with E-state index < -0.39 is 0 Å². The van der Waals surface area contributed by atoms with Gasteiger partial charge in [-0.05, 0) is 17.7 Å². The first-order chi connectivity index (χ1) is 9.13. The van der Waals surface area contributed by atoms with Crippen molar-refractivity contribution in [3.05, 3.63) is 47.3 Å². The van der Waals surface area contributed by atoms with Crippen molar-refractivity contribution < 1.29 is 4.39 Å². The molecule has 0 radical (unpaired) electrons. The number of nitrogens with one attached hydrogen (secondary N) is 1. The van der Waals surface area contributed by atoms with Gasteiger partial charge < -0.3 is 4.90 Å². The van der Waals surface area contributed by atoms with Crippen molar-refractivity contribution in [2.45, 2.75) is 13.0 Å². The molecule has 5 nitrogen and oxygen atoms in total. The van der Waals surface area contributed by atoms with Crippen molar-refractivity contribution in [2.24, 2.45) is 7.05 Å². The maximum Gasteiger partial charge on any atom is 0.152 e. The SMILES string of the molecule is Cn1cnc(CCN2Cc3ccc(F)cc3C2=N)n1. The Balaban J connectivity index is 1.70. The molecule has 0 saturated carbocycles. The van der Waals surface area contributed by atoms with E-state index in [9.17, 15) is 4.39 Å². The second-order valence-corrected chi connectivity index (χ2v) is 4.66. The molecule has 1 N–H and O–H groups in total. The lowest BCUT2D eigenvalue weighted by atomic mass is 10.1. The molecule has 1 aromatic heterocycles. The van der Waals surface area contributed by atoms with Crippen LogP contribution in [-0.4, -0.2) is 32.0 Å². The number of aromatic nitrogens is 3. The van der Waals surface area contributed by atoms with Crippen molar-refractivity contribution in [3.8, 4) is 0 Å². The lowest BCUT2D eigenvalue weighted by Crippen LogP contribution is -2.26. The van der Waals surface area contributed by atoms with Crippen LogP contribution in [0.5, 0.6) is 0 Å². The van der Waals surface area contributed by atoms with E-state index in [0.29, 0.717) is 30.9 Å². The average molecular weight is 259 g/mol. The molecule has 0 aliphatic carbocycles. The molecule has 3 rings (SSSR count). The van der Waals surface area contributed by atoms with Crippen LogP contribution >= 0.6 is 0 Å². The first kappa shape index (κ1) is 11.8. The molecule has 0 atom stereocenters. The van der Waals surface area contributed by atoms with Crippen molar-refractivity contribution in [1.29, 1.82) is 5.41 Å². The molecule has 0 spiro atoms. The minimum absolute atomic E-state index is 0.295. The molecule has 2 heterocycles. The summed E-state index contributed by atoms with van der Waals surface area (Å²) in [5, 5.41) is 12.3. The fourth-order valence-corrected chi connectivity index (χ4v) is 2.29. The lowest BCUT2D eigenvalue weighted by Gasteiger charge is -2.16. The van der Waals surface area contributed by atoms with Crippen LogP contribution in [0.15, 0.2) is 24.5 Å². The van der Waals surface area contributed by atoms with Crippen molar-refractivity contribution in [1.82, 2.24) is 19.7 Å². The van der Waals surface area contributed by atoms with Gasteiger partial charge in [-0.15, -0.1) is 0 Å². The summed E-state index contributed by atoms with van der Waals surface area (Å²) in [7, 11) is 1.83. The number of fused-ring (bicyclic) bond motifs is 1. The van der Waals surface area contributed by atoms with E-state index in [1.165, 1.54) is 12.1 Å². The highest BCUT2D eigenvalue weighted by Crippen LogP contribution is 2.23. The van der Waals surface area contributed by atoms with Crippen molar-refractivity contribution >= 4 is 5.84 Å². The summed E-state index contributed by atoms with van der Waals surface area (Å²) in [4.78, 5) is 6.08. The molecule has 6 heteroatoms. The first-order valence-electron chi connectivity index (χ1n) is 6.10. The summed E-state index contributed by atoms with van der Waals surface area (Å²) in [5.41, 5.74) is 1.69. The molecule has 98 valence electrons. The van der Waals surface area contributed by atoms with Gasteiger partial charge in [-0.3, -0.25) is 10.1 Å². The van der Waals surface area contributed by atoms with E-state index in [4.69, 9.17) is 5.41 Å². The highest BCUT2D eigenvalue weighted by Gasteiger charge is 2.24. The Morgan fingerprint density at radius 2 is 2.26 bits per heavy atom. The van der Waals surface area contributed by atoms with Crippen LogP contribution in [0.25, 0.3) is 0 Å². The van der Waals surface area contributed by atoms with Gasteiger partial charge in [0.05, 0.1) is 0 Å². The van der Waals surface area contributed by atoms with E-state index in [-0.39, 0.29) is 5.82 Å². The van der Waals surface area contributed by atoms with Crippen LogP contribution in [0.2, 0.25) is 0 Å². The van der Waals surface area contributed by atoms with Crippen LogP contribution in [-0.2, 0) is 20.0 Å². The predicted molar refractivity (Wildman–Crippen MR) is 68.3 cm³/mol. The predicted octanol–water partition coefficient (Wildman–Crippen LogP) is 1.34. The molecule has 0 saturated heterocycles. The van der Waals surface area contributed by atoms with Gasteiger partial charge in [-0.2, -0.15) is 5.10 Å². The van der Waals surface area contributed by atoms with Gasteiger partial charge in [0.15, 0.2) is 5.82 Å². The van der Waals surface area contributed by atoms with Crippen LogP contribution in [0.1, 0.15) is 17.0 Å².